The molecule has 0 radical (unpaired) electrons. The molecule has 4 unspecified atom stereocenters. The Morgan fingerprint density at radius 3 is 2.56 bits per heavy atom. The molecule has 4 nitrogen and oxygen atoms in total. The number of H-pyrrole nitrogens is 1. The van der Waals surface area contributed by atoms with E-state index in [0.717, 1.165) is 32.5 Å². The molecular weight excluding hydrogens is 444 g/mol. The number of nitrogens with zero attached hydrogens (tertiary/aromatic N) is 1. The minimum absolute atomic E-state index is 0.0476. The van der Waals surface area contributed by atoms with Gasteiger partial charge in [0.15, 0.2) is 0 Å². The molecule has 1 aromatic heterocycles. The van der Waals surface area contributed by atoms with E-state index in [1.165, 1.54) is 38.9 Å². The summed E-state index contributed by atoms with van der Waals surface area (Å²) in [5, 5.41) is 1.30. The van der Waals surface area contributed by atoms with E-state index in [1.54, 1.807) is 7.11 Å². The van der Waals surface area contributed by atoms with Gasteiger partial charge in [-0.05, 0) is 42.5 Å². The number of hydrogen-bond donors (Lipinski definition) is 1. The first-order valence-corrected chi connectivity index (χ1v) is 13.1. The van der Waals surface area contributed by atoms with Crippen molar-refractivity contribution in [1.29, 1.82) is 0 Å². The van der Waals surface area contributed by atoms with Crippen LogP contribution in [0.4, 0.5) is 0 Å². The summed E-state index contributed by atoms with van der Waals surface area (Å²) in [5.41, 5.74) is 6.92. The smallest absolute Gasteiger partial charge is 0.314 e. The average Bonchev–Trinajstić information content (AvgIpc) is 3.51. The molecule has 0 spiro atoms. The lowest BCUT2D eigenvalue weighted by Gasteiger charge is -2.58. The van der Waals surface area contributed by atoms with Crippen molar-refractivity contribution in [2.24, 2.45) is 11.3 Å². The van der Waals surface area contributed by atoms with Crippen LogP contribution in [0.15, 0.2) is 78.9 Å². The summed E-state index contributed by atoms with van der Waals surface area (Å²) in [4.78, 5) is 20.3. The van der Waals surface area contributed by atoms with Gasteiger partial charge < -0.3 is 9.72 Å². The second kappa shape index (κ2) is 7.81. The highest BCUT2D eigenvalue weighted by molar-refractivity contribution is 5.91. The summed E-state index contributed by atoms with van der Waals surface area (Å²) in [6.45, 7) is 4.60. The fraction of sp³-hybridized carbons (Fsp3) is 0.344. The highest BCUT2D eigenvalue weighted by atomic mass is 16.5. The molecule has 4 atom stereocenters. The number of aromatic amines is 1. The fourth-order valence-electron chi connectivity index (χ4n) is 8.17. The monoisotopic (exact) mass is 476 g/mol. The molecule has 1 saturated heterocycles. The summed E-state index contributed by atoms with van der Waals surface area (Å²) in [5.74, 6) is 0.230. The number of rotatable bonds is 4. The molecule has 4 aromatic rings. The van der Waals surface area contributed by atoms with Crippen molar-refractivity contribution in [2.45, 2.75) is 37.6 Å². The molecule has 3 aliphatic carbocycles. The van der Waals surface area contributed by atoms with E-state index in [9.17, 15) is 4.79 Å². The van der Waals surface area contributed by atoms with E-state index in [1.807, 2.05) is 0 Å². The fourth-order valence-corrected chi connectivity index (χ4v) is 8.17. The maximum Gasteiger partial charge on any atom is 0.314 e. The second-order valence-electron chi connectivity index (χ2n) is 11.1. The predicted octanol–water partition coefficient (Wildman–Crippen LogP) is 5.94. The average molecular weight is 477 g/mol. The van der Waals surface area contributed by atoms with Gasteiger partial charge in [0.25, 0.3) is 0 Å². The quantitative estimate of drug-likeness (QED) is 0.371. The van der Waals surface area contributed by atoms with Crippen LogP contribution in [0.5, 0.6) is 0 Å². The highest BCUT2D eigenvalue weighted by Crippen LogP contribution is 2.70. The lowest BCUT2D eigenvalue weighted by molar-refractivity contribution is -0.161. The number of nitrogens with one attached hydrogen (secondary N) is 1. The molecule has 2 bridgehead atoms. The van der Waals surface area contributed by atoms with Gasteiger partial charge in [0, 0.05) is 53.5 Å². The number of carbonyl (C=O) groups excluding carboxylic acids is 1. The van der Waals surface area contributed by atoms with Crippen molar-refractivity contribution >= 4 is 16.9 Å². The molecule has 1 N–H and O–H groups in total. The zero-order valence-electron chi connectivity index (χ0n) is 21.0. The van der Waals surface area contributed by atoms with Gasteiger partial charge in [0.05, 0.1) is 12.5 Å². The minimum atomic E-state index is -0.569. The third-order valence-corrected chi connectivity index (χ3v) is 9.50. The molecule has 3 aromatic carbocycles. The summed E-state index contributed by atoms with van der Waals surface area (Å²) in [6, 6.07) is 28.4. The van der Waals surface area contributed by atoms with Crippen molar-refractivity contribution in [2.75, 3.05) is 20.2 Å². The van der Waals surface area contributed by atoms with E-state index in [2.05, 4.69) is 95.7 Å². The van der Waals surface area contributed by atoms with Gasteiger partial charge in [-0.15, -0.1) is 0 Å². The number of aromatic nitrogens is 1. The second-order valence-corrected chi connectivity index (χ2v) is 11.1. The normalized spacial score (nSPS) is 28.7. The van der Waals surface area contributed by atoms with Gasteiger partial charge >= 0.3 is 5.97 Å². The standard InChI is InChI=1S/C32H32N2O2/c1-21-12-14-23(15-13-21)31-17-16-25(29-28(31)24-10-6-7-11-26(24)33-29)32(30(35)36-2)20-34(19-27(31)32)18-22-8-4-3-5-9-22/h3-15,25,27,33H,16-20H2,1-2H3. The Labute approximate surface area is 212 Å². The minimum Gasteiger partial charge on any atom is -0.469 e. The number of ether oxygens (including phenoxy) is 1. The SMILES string of the molecule is COC(=O)C12CN(Cc3ccccc3)CC1C1(c3ccc(C)cc3)CCC2c2[nH]c3ccccc3c21. The third kappa shape index (κ3) is 2.76. The number of likely N-dealkylation sites (tertiary alicyclic amines) is 1. The van der Waals surface area contributed by atoms with Gasteiger partial charge in [-0.2, -0.15) is 0 Å². The van der Waals surface area contributed by atoms with Gasteiger partial charge in [0.1, 0.15) is 0 Å². The number of hydrogen-bond acceptors (Lipinski definition) is 3. The Kier molecular flexibility index (Phi) is 4.75. The first-order chi connectivity index (χ1) is 17.6. The zero-order valence-corrected chi connectivity index (χ0v) is 21.0. The van der Waals surface area contributed by atoms with Gasteiger partial charge in [0.2, 0.25) is 0 Å². The Morgan fingerprint density at radius 2 is 1.78 bits per heavy atom. The van der Waals surface area contributed by atoms with Crippen LogP contribution in [-0.4, -0.2) is 36.1 Å². The van der Waals surface area contributed by atoms with Crippen LogP contribution in [0.1, 0.15) is 46.7 Å². The number of para-hydroxylation sites is 1. The van der Waals surface area contributed by atoms with Crippen LogP contribution in [0.2, 0.25) is 0 Å². The molecule has 0 amide bonds. The first-order valence-electron chi connectivity index (χ1n) is 13.1. The van der Waals surface area contributed by atoms with Crippen LogP contribution in [0.3, 0.4) is 0 Å². The van der Waals surface area contributed by atoms with E-state index in [4.69, 9.17) is 4.74 Å². The van der Waals surface area contributed by atoms with E-state index < -0.39 is 5.41 Å². The molecule has 2 fully saturated rings. The Morgan fingerprint density at radius 1 is 1.03 bits per heavy atom. The molecule has 4 aliphatic rings. The Balaban J connectivity index is 1.48. The number of benzene rings is 3. The number of esters is 1. The number of methoxy groups -OCH3 is 1. The van der Waals surface area contributed by atoms with Crippen LogP contribution < -0.4 is 0 Å². The van der Waals surface area contributed by atoms with Crippen LogP contribution in [-0.2, 0) is 21.5 Å². The molecule has 2 heterocycles. The summed E-state index contributed by atoms with van der Waals surface area (Å²) in [6.07, 6.45) is 2.04. The van der Waals surface area contributed by atoms with Crippen molar-refractivity contribution in [3.05, 3.63) is 107 Å². The van der Waals surface area contributed by atoms with Crippen molar-refractivity contribution < 1.29 is 9.53 Å². The largest absolute Gasteiger partial charge is 0.469 e. The van der Waals surface area contributed by atoms with Gasteiger partial charge in [-0.25, -0.2) is 0 Å². The lowest BCUT2D eigenvalue weighted by Crippen LogP contribution is -2.60. The van der Waals surface area contributed by atoms with Crippen molar-refractivity contribution in [3.63, 3.8) is 0 Å². The lowest BCUT2D eigenvalue weighted by atomic mass is 9.43. The van der Waals surface area contributed by atoms with Gasteiger partial charge in [-0.1, -0.05) is 78.4 Å². The highest BCUT2D eigenvalue weighted by Gasteiger charge is 2.71. The summed E-state index contributed by atoms with van der Waals surface area (Å²) >= 11 is 0. The Bertz CT molecular complexity index is 1460. The van der Waals surface area contributed by atoms with Crippen LogP contribution >= 0.6 is 0 Å². The molecule has 1 aliphatic heterocycles. The third-order valence-electron chi connectivity index (χ3n) is 9.50. The number of fused-ring (bicyclic) bond motifs is 2. The molecule has 4 heteroatoms. The summed E-state index contributed by atoms with van der Waals surface area (Å²) in [7, 11) is 1.57. The van der Waals surface area contributed by atoms with E-state index >= 15 is 0 Å². The zero-order chi connectivity index (χ0) is 24.5. The molecule has 182 valence electrons. The topological polar surface area (TPSA) is 45.3 Å². The Hall–Kier alpha value is -3.37. The van der Waals surface area contributed by atoms with Gasteiger partial charge in [-0.3, -0.25) is 9.69 Å². The first kappa shape index (κ1) is 21.9. The van der Waals surface area contributed by atoms with Crippen molar-refractivity contribution in [1.82, 2.24) is 9.88 Å². The summed E-state index contributed by atoms with van der Waals surface area (Å²) < 4.78 is 5.66. The molecule has 36 heavy (non-hydrogen) atoms. The van der Waals surface area contributed by atoms with Crippen molar-refractivity contribution in [3.8, 4) is 0 Å². The van der Waals surface area contributed by atoms with E-state index in [0.29, 0.717) is 0 Å². The van der Waals surface area contributed by atoms with E-state index in [-0.39, 0.29) is 23.2 Å². The van der Waals surface area contributed by atoms with Crippen LogP contribution in [0.25, 0.3) is 10.9 Å². The van der Waals surface area contributed by atoms with Crippen LogP contribution in [0, 0.1) is 18.3 Å². The molecule has 1 saturated carbocycles. The molecular formula is C32H32N2O2. The maximum atomic E-state index is 13.9. The maximum absolute atomic E-state index is 13.9. The predicted molar refractivity (Wildman–Crippen MR) is 142 cm³/mol. The number of aryl methyl sites for hydroxylation is 1. The number of carbonyl (C=O) groups is 1. The molecule has 8 rings (SSSR count).